The molecule has 1 aliphatic rings. The second-order valence-electron chi connectivity index (χ2n) is 7.05. The van der Waals surface area contributed by atoms with Crippen molar-refractivity contribution in [2.45, 2.75) is 39.7 Å². The maximum atomic E-state index is 11.9. The zero-order chi connectivity index (χ0) is 19.2. The van der Waals surface area contributed by atoms with Crippen LogP contribution >= 0.6 is 0 Å². The second-order valence-corrected chi connectivity index (χ2v) is 9.28. The van der Waals surface area contributed by atoms with Crippen molar-refractivity contribution in [2.75, 3.05) is 11.5 Å². The van der Waals surface area contributed by atoms with Crippen LogP contribution in [-0.4, -0.2) is 44.2 Å². The molecule has 0 spiro atoms. The van der Waals surface area contributed by atoms with Gasteiger partial charge in [0.1, 0.15) is 5.69 Å². The van der Waals surface area contributed by atoms with Crippen molar-refractivity contribution < 1.29 is 8.42 Å². The Morgan fingerprint density at radius 3 is 2.67 bits per heavy atom. The van der Waals surface area contributed by atoms with Crippen molar-refractivity contribution in [2.24, 2.45) is 0 Å². The molecule has 8 heteroatoms. The van der Waals surface area contributed by atoms with Gasteiger partial charge >= 0.3 is 0 Å². The lowest BCUT2D eigenvalue weighted by molar-refractivity contribution is 0.485. The Morgan fingerprint density at radius 2 is 2.04 bits per heavy atom. The van der Waals surface area contributed by atoms with E-state index in [9.17, 15) is 8.42 Å². The molecule has 0 aliphatic carbocycles. The van der Waals surface area contributed by atoms with Crippen LogP contribution in [0.25, 0.3) is 17.2 Å². The lowest BCUT2D eigenvalue weighted by Gasteiger charge is -2.12. The summed E-state index contributed by atoms with van der Waals surface area (Å²) in [5.74, 6) is 1.14. The molecule has 3 aromatic heterocycles. The number of nitrogens with zero attached hydrogens (tertiary/aromatic N) is 5. The van der Waals surface area contributed by atoms with Crippen LogP contribution in [0.1, 0.15) is 36.3 Å². The molecule has 0 amide bonds. The Balaban J connectivity index is 1.76. The third kappa shape index (κ3) is 3.18. The van der Waals surface area contributed by atoms with Gasteiger partial charge in [0.15, 0.2) is 15.7 Å². The van der Waals surface area contributed by atoms with Gasteiger partial charge in [-0.3, -0.25) is 14.2 Å². The van der Waals surface area contributed by atoms with Crippen molar-refractivity contribution in [3.63, 3.8) is 0 Å². The molecule has 1 fully saturated rings. The molecule has 1 saturated heterocycles. The minimum atomic E-state index is -2.97. The number of hydrogen-bond acceptors (Lipinski definition) is 5. The zero-order valence-corrected chi connectivity index (χ0v) is 16.6. The molecule has 3 aromatic rings. The van der Waals surface area contributed by atoms with Gasteiger partial charge in [0, 0.05) is 18.6 Å². The number of rotatable bonds is 4. The molecule has 0 radical (unpaired) electrons. The standard InChI is InChI=1S/C19H23N5O2S/c1-4-15-5-6-17(21-11-15)19-20-8-9-23(19)18-13(2)22-24(14(18)3)16-7-10-27(25,26)12-16/h5-6,8-9,11,16H,4,7,10,12H2,1-3H3. The Hall–Kier alpha value is -2.48. The van der Waals surface area contributed by atoms with Gasteiger partial charge in [-0.25, -0.2) is 13.4 Å². The number of imidazole rings is 1. The molecule has 0 bridgehead atoms. The van der Waals surface area contributed by atoms with Crippen molar-refractivity contribution in [3.8, 4) is 17.2 Å². The van der Waals surface area contributed by atoms with Gasteiger partial charge in [-0.05, 0) is 38.3 Å². The number of aromatic nitrogens is 5. The monoisotopic (exact) mass is 385 g/mol. The summed E-state index contributed by atoms with van der Waals surface area (Å²) < 4.78 is 27.6. The summed E-state index contributed by atoms with van der Waals surface area (Å²) >= 11 is 0. The van der Waals surface area contributed by atoms with Gasteiger partial charge in [0.05, 0.1) is 34.6 Å². The highest BCUT2D eigenvalue weighted by Gasteiger charge is 2.32. The lowest BCUT2D eigenvalue weighted by Crippen LogP contribution is -2.14. The van der Waals surface area contributed by atoms with E-state index in [0.29, 0.717) is 6.42 Å². The van der Waals surface area contributed by atoms with Crippen LogP contribution < -0.4 is 0 Å². The number of aryl methyl sites for hydroxylation is 2. The fourth-order valence-corrected chi connectivity index (χ4v) is 5.46. The van der Waals surface area contributed by atoms with Crippen molar-refractivity contribution >= 4 is 9.84 Å². The first-order valence-electron chi connectivity index (χ1n) is 9.14. The second kappa shape index (κ2) is 6.60. The van der Waals surface area contributed by atoms with Gasteiger partial charge in [0.25, 0.3) is 0 Å². The fourth-order valence-electron chi connectivity index (χ4n) is 3.77. The van der Waals surface area contributed by atoms with Gasteiger partial charge < -0.3 is 0 Å². The average molecular weight is 385 g/mol. The smallest absolute Gasteiger partial charge is 0.163 e. The molecule has 4 rings (SSSR count). The minimum Gasteiger partial charge on any atom is -0.295 e. The highest BCUT2D eigenvalue weighted by atomic mass is 32.2. The van der Waals surface area contributed by atoms with Gasteiger partial charge in [-0.1, -0.05) is 13.0 Å². The van der Waals surface area contributed by atoms with E-state index < -0.39 is 9.84 Å². The lowest BCUT2D eigenvalue weighted by atomic mass is 10.2. The molecule has 1 aliphatic heterocycles. The SMILES string of the molecule is CCc1ccc(-c2nccn2-c2c(C)nn(C3CCS(=O)(=O)C3)c2C)nc1. The maximum Gasteiger partial charge on any atom is 0.163 e. The van der Waals surface area contributed by atoms with E-state index in [1.165, 1.54) is 5.56 Å². The number of pyridine rings is 1. The summed E-state index contributed by atoms with van der Waals surface area (Å²) in [5, 5.41) is 4.66. The highest BCUT2D eigenvalue weighted by molar-refractivity contribution is 7.91. The molecule has 0 N–H and O–H groups in total. The van der Waals surface area contributed by atoms with E-state index in [-0.39, 0.29) is 17.5 Å². The first-order valence-corrected chi connectivity index (χ1v) is 11.0. The van der Waals surface area contributed by atoms with Crippen LogP contribution in [0, 0.1) is 13.8 Å². The molecular weight excluding hydrogens is 362 g/mol. The maximum absolute atomic E-state index is 11.9. The highest BCUT2D eigenvalue weighted by Crippen LogP contribution is 2.30. The largest absolute Gasteiger partial charge is 0.295 e. The molecular formula is C19H23N5O2S. The van der Waals surface area contributed by atoms with Gasteiger partial charge in [-0.15, -0.1) is 0 Å². The predicted molar refractivity (Wildman–Crippen MR) is 104 cm³/mol. The van der Waals surface area contributed by atoms with Gasteiger partial charge in [-0.2, -0.15) is 5.10 Å². The molecule has 0 aromatic carbocycles. The molecule has 1 unspecified atom stereocenters. The van der Waals surface area contributed by atoms with Crippen LogP contribution in [-0.2, 0) is 16.3 Å². The zero-order valence-electron chi connectivity index (χ0n) is 15.8. The Kier molecular flexibility index (Phi) is 4.38. The number of sulfone groups is 1. The summed E-state index contributed by atoms with van der Waals surface area (Å²) in [6, 6.07) is 3.95. The van der Waals surface area contributed by atoms with E-state index in [1.54, 1.807) is 6.20 Å². The summed E-state index contributed by atoms with van der Waals surface area (Å²) in [4.78, 5) is 9.05. The average Bonchev–Trinajstić information content (AvgIpc) is 3.32. The van der Waals surface area contributed by atoms with E-state index in [2.05, 4.69) is 28.1 Å². The van der Waals surface area contributed by atoms with Crippen molar-refractivity contribution in [3.05, 3.63) is 47.7 Å². The Bertz CT molecular complexity index is 1080. The summed E-state index contributed by atoms with van der Waals surface area (Å²) in [5.41, 5.74) is 4.71. The molecule has 142 valence electrons. The predicted octanol–water partition coefficient (Wildman–Crippen LogP) is 2.67. The van der Waals surface area contributed by atoms with Crippen molar-refractivity contribution in [1.82, 2.24) is 24.3 Å². The normalized spacial score (nSPS) is 18.9. The topological polar surface area (TPSA) is 82.7 Å². The summed E-state index contributed by atoms with van der Waals surface area (Å²) in [6.45, 7) is 6.03. The molecule has 0 saturated carbocycles. The third-order valence-electron chi connectivity index (χ3n) is 5.18. The Labute approximate surface area is 159 Å². The van der Waals surface area contributed by atoms with E-state index >= 15 is 0 Å². The van der Waals surface area contributed by atoms with Crippen LogP contribution in [0.4, 0.5) is 0 Å². The minimum absolute atomic E-state index is 0.101. The summed E-state index contributed by atoms with van der Waals surface area (Å²) in [6.07, 6.45) is 7.08. The van der Waals surface area contributed by atoms with Crippen LogP contribution in [0.3, 0.4) is 0 Å². The van der Waals surface area contributed by atoms with Crippen LogP contribution in [0.15, 0.2) is 30.7 Å². The number of hydrogen-bond donors (Lipinski definition) is 0. The van der Waals surface area contributed by atoms with E-state index in [4.69, 9.17) is 0 Å². The quantitative estimate of drug-likeness (QED) is 0.689. The first kappa shape index (κ1) is 17.9. The first-order chi connectivity index (χ1) is 12.9. The summed E-state index contributed by atoms with van der Waals surface area (Å²) in [7, 11) is -2.97. The van der Waals surface area contributed by atoms with Crippen LogP contribution in [0.5, 0.6) is 0 Å². The van der Waals surface area contributed by atoms with Gasteiger partial charge in [0.2, 0.25) is 0 Å². The fraction of sp³-hybridized carbons (Fsp3) is 0.421. The molecule has 7 nitrogen and oxygen atoms in total. The molecule has 27 heavy (non-hydrogen) atoms. The third-order valence-corrected chi connectivity index (χ3v) is 6.94. The van der Waals surface area contributed by atoms with Crippen molar-refractivity contribution in [1.29, 1.82) is 0 Å². The van der Waals surface area contributed by atoms with E-state index in [0.717, 1.165) is 35.0 Å². The van der Waals surface area contributed by atoms with Crippen LogP contribution in [0.2, 0.25) is 0 Å². The Morgan fingerprint density at radius 1 is 1.22 bits per heavy atom. The van der Waals surface area contributed by atoms with E-state index in [1.807, 2.05) is 41.6 Å². The molecule has 1 atom stereocenters. The molecule has 4 heterocycles.